The highest BCUT2D eigenvalue weighted by molar-refractivity contribution is 5.18. The Labute approximate surface area is 149 Å². The Morgan fingerprint density at radius 1 is 1.12 bits per heavy atom. The van der Waals surface area contributed by atoms with Crippen molar-refractivity contribution in [2.45, 2.75) is 50.5 Å². The number of ether oxygens (including phenoxy) is 3. The van der Waals surface area contributed by atoms with Gasteiger partial charge < -0.3 is 14.2 Å². The van der Waals surface area contributed by atoms with Gasteiger partial charge in [-0.3, -0.25) is 4.90 Å². The van der Waals surface area contributed by atoms with E-state index in [1.165, 1.54) is 0 Å². The van der Waals surface area contributed by atoms with Gasteiger partial charge in [0.1, 0.15) is 11.9 Å². The van der Waals surface area contributed by atoms with Crippen molar-refractivity contribution >= 4 is 0 Å². The number of likely N-dealkylation sites (tertiary alicyclic amines) is 1. The SMILES string of the molecule is Fc1ccccc1CN1C[C@@H](OCC2CCOCC2)[C@@H]2OCCC[C@@H]21. The van der Waals surface area contributed by atoms with Gasteiger partial charge in [0.2, 0.25) is 0 Å². The topological polar surface area (TPSA) is 30.9 Å². The Bertz CT molecular complexity index is 564. The third-order valence-corrected chi connectivity index (χ3v) is 5.80. The molecule has 3 saturated heterocycles. The van der Waals surface area contributed by atoms with Gasteiger partial charge in [0.05, 0.1) is 12.7 Å². The molecule has 0 bridgehead atoms. The Hall–Kier alpha value is -1.01. The Morgan fingerprint density at radius 2 is 1.96 bits per heavy atom. The van der Waals surface area contributed by atoms with Gasteiger partial charge in [-0.05, 0) is 37.7 Å². The van der Waals surface area contributed by atoms with Gasteiger partial charge in [-0.25, -0.2) is 4.39 Å². The van der Waals surface area contributed by atoms with Crippen molar-refractivity contribution < 1.29 is 18.6 Å². The van der Waals surface area contributed by atoms with Gasteiger partial charge >= 0.3 is 0 Å². The molecular formula is C20H28FNO3. The van der Waals surface area contributed by atoms with E-state index in [0.29, 0.717) is 18.5 Å². The number of halogens is 1. The third-order valence-electron chi connectivity index (χ3n) is 5.80. The van der Waals surface area contributed by atoms with Crippen LogP contribution < -0.4 is 0 Å². The Morgan fingerprint density at radius 3 is 2.80 bits per heavy atom. The predicted octanol–water partition coefficient (Wildman–Crippen LogP) is 3.00. The van der Waals surface area contributed by atoms with Gasteiger partial charge in [0, 0.05) is 44.5 Å². The van der Waals surface area contributed by atoms with Crippen LogP contribution in [0, 0.1) is 11.7 Å². The summed E-state index contributed by atoms with van der Waals surface area (Å²) in [5.74, 6) is 0.471. The molecule has 25 heavy (non-hydrogen) atoms. The highest BCUT2D eigenvalue weighted by Crippen LogP contribution is 2.32. The maximum atomic E-state index is 14.1. The van der Waals surface area contributed by atoms with Crippen molar-refractivity contribution in [1.82, 2.24) is 4.90 Å². The van der Waals surface area contributed by atoms with E-state index in [2.05, 4.69) is 4.90 Å². The first kappa shape index (κ1) is 17.4. The summed E-state index contributed by atoms with van der Waals surface area (Å²) in [7, 11) is 0. The first-order valence-corrected chi connectivity index (χ1v) is 9.59. The average Bonchev–Trinajstić information content (AvgIpc) is 3.01. The number of nitrogens with zero attached hydrogens (tertiary/aromatic N) is 1. The number of fused-ring (bicyclic) bond motifs is 1. The lowest BCUT2D eigenvalue weighted by Gasteiger charge is -2.32. The van der Waals surface area contributed by atoms with Crippen LogP contribution in [0.5, 0.6) is 0 Å². The fourth-order valence-corrected chi connectivity index (χ4v) is 4.35. The third kappa shape index (κ3) is 4.05. The zero-order valence-electron chi connectivity index (χ0n) is 14.7. The summed E-state index contributed by atoms with van der Waals surface area (Å²) < 4.78 is 31.8. The second-order valence-corrected chi connectivity index (χ2v) is 7.49. The molecule has 3 heterocycles. The van der Waals surface area contributed by atoms with Crippen molar-refractivity contribution in [2.24, 2.45) is 5.92 Å². The van der Waals surface area contributed by atoms with Gasteiger partial charge in [0.15, 0.2) is 0 Å². The summed E-state index contributed by atoms with van der Waals surface area (Å²) in [6.07, 6.45) is 4.57. The lowest BCUT2D eigenvalue weighted by atomic mass is 10.0. The Kier molecular flexibility index (Phi) is 5.66. The molecule has 3 fully saturated rings. The van der Waals surface area contributed by atoms with Gasteiger partial charge in [-0.1, -0.05) is 18.2 Å². The number of hydrogen-bond acceptors (Lipinski definition) is 4. The molecule has 0 unspecified atom stereocenters. The van der Waals surface area contributed by atoms with Crippen LogP contribution >= 0.6 is 0 Å². The standard InChI is InChI=1S/C20H28FNO3/c21-17-5-2-1-4-16(17)12-22-13-19(20-18(22)6-3-9-24-20)25-14-15-7-10-23-11-8-15/h1-2,4-5,15,18-20H,3,6-14H2/t18-,19+,20+/m0/s1. The zero-order chi connectivity index (χ0) is 17.1. The summed E-state index contributed by atoms with van der Waals surface area (Å²) in [6, 6.07) is 7.41. The lowest BCUT2D eigenvalue weighted by Crippen LogP contribution is -2.42. The predicted molar refractivity (Wildman–Crippen MR) is 92.9 cm³/mol. The van der Waals surface area contributed by atoms with Gasteiger partial charge in [-0.2, -0.15) is 0 Å². The van der Waals surface area contributed by atoms with E-state index >= 15 is 0 Å². The van der Waals surface area contributed by atoms with Gasteiger partial charge in [0.25, 0.3) is 0 Å². The van der Waals surface area contributed by atoms with E-state index in [9.17, 15) is 4.39 Å². The van der Waals surface area contributed by atoms with Gasteiger partial charge in [-0.15, -0.1) is 0 Å². The van der Waals surface area contributed by atoms with E-state index in [0.717, 1.165) is 64.2 Å². The normalized spacial score (nSPS) is 31.2. The molecule has 5 heteroatoms. The molecule has 0 aliphatic carbocycles. The number of benzene rings is 1. The summed E-state index contributed by atoms with van der Waals surface area (Å²) in [5, 5.41) is 0. The fraction of sp³-hybridized carbons (Fsp3) is 0.700. The minimum atomic E-state index is -0.123. The summed E-state index contributed by atoms with van der Waals surface area (Å²) in [4.78, 5) is 2.36. The smallest absolute Gasteiger partial charge is 0.127 e. The van der Waals surface area contributed by atoms with Crippen LogP contribution in [0.1, 0.15) is 31.2 Å². The molecule has 1 aromatic rings. The van der Waals surface area contributed by atoms with Crippen molar-refractivity contribution in [3.05, 3.63) is 35.6 Å². The summed E-state index contributed by atoms with van der Waals surface area (Å²) >= 11 is 0. The van der Waals surface area contributed by atoms with Crippen LogP contribution in [0.2, 0.25) is 0 Å². The van der Waals surface area contributed by atoms with E-state index in [-0.39, 0.29) is 18.0 Å². The zero-order valence-corrected chi connectivity index (χ0v) is 14.7. The number of hydrogen-bond donors (Lipinski definition) is 0. The van der Waals surface area contributed by atoms with Crippen molar-refractivity contribution in [3.8, 4) is 0 Å². The maximum Gasteiger partial charge on any atom is 0.127 e. The minimum absolute atomic E-state index is 0.0971. The highest BCUT2D eigenvalue weighted by Gasteiger charge is 2.44. The first-order chi connectivity index (χ1) is 12.3. The lowest BCUT2D eigenvalue weighted by molar-refractivity contribution is -0.0892. The molecule has 0 aromatic heterocycles. The molecule has 0 saturated carbocycles. The van der Waals surface area contributed by atoms with E-state index in [1.807, 2.05) is 12.1 Å². The molecular weight excluding hydrogens is 321 g/mol. The van der Waals surface area contributed by atoms with Crippen molar-refractivity contribution in [1.29, 1.82) is 0 Å². The molecule has 0 N–H and O–H groups in total. The molecule has 0 spiro atoms. The van der Waals surface area contributed by atoms with Crippen LogP contribution in [0.3, 0.4) is 0 Å². The molecule has 1 aromatic carbocycles. The van der Waals surface area contributed by atoms with Crippen molar-refractivity contribution in [2.75, 3.05) is 33.0 Å². The molecule has 3 aliphatic rings. The Balaban J connectivity index is 1.39. The second kappa shape index (κ2) is 8.12. The van der Waals surface area contributed by atoms with Crippen LogP contribution in [0.4, 0.5) is 4.39 Å². The fourth-order valence-electron chi connectivity index (χ4n) is 4.35. The molecule has 138 valence electrons. The first-order valence-electron chi connectivity index (χ1n) is 9.59. The van der Waals surface area contributed by atoms with Crippen LogP contribution in [-0.2, 0) is 20.8 Å². The van der Waals surface area contributed by atoms with Crippen molar-refractivity contribution in [3.63, 3.8) is 0 Å². The molecule has 3 aliphatic heterocycles. The van der Waals surface area contributed by atoms with E-state index in [1.54, 1.807) is 12.1 Å². The largest absolute Gasteiger partial charge is 0.381 e. The summed E-state index contributed by atoms with van der Waals surface area (Å²) in [5.41, 5.74) is 0.761. The second-order valence-electron chi connectivity index (χ2n) is 7.49. The highest BCUT2D eigenvalue weighted by atomic mass is 19.1. The molecule has 3 atom stereocenters. The van der Waals surface area contributed by atoms with Crippen LogP contribution in [-0.4, -0.2) is 56.1 Å². The molecule has 0 amide bonds. The minimum Gasteiger partial charge on any atom is -0.381 e. The quantitative estimate of drug-likeness (QED) is 0.818. The van der Waals surface area contributed by atoms with Crippen LogP contribution in [0.15, 0.2) is 24.3 Å². The molecule has 4 rings (SSSR count). The average molecular weight is 349 g/mol. The maximum absolute atomic E-state index is 14.1. The summed E-state index contributed by atoms with van der Waals surface area (Å²) in [6.45, 7) is 4.75. The van der Waals surface area contributed by atoms with E-state index in [4.69, 9.17) is 14.2 Å². The molecule has 4 nitrogen and oxygen atoms in total. The molecule has 0 radical (unpaired) electrons. The van der Waals surface area contributed by atoms with E-state index < -0.39 is 0 Å². The number of rotatable bonds is 5. The van der Waals surface area contributed by atoms with Crippen LogP contribution in [0.25, 0.3) is 0 Å². The monoisotopic (exact) mass is 349 g/mol.